The molecule has 1 aliphatic carbocycles. The lowest BCUT2D eigenvalue weighted by atomic mass is 9.88. The topological polar surface area (TPSA) is 92.8 Å². The summed E-state index contributed by atoms with van der Waals surface area (Å²) in [5.74, 6) is -1.14. The lowest BCUT2D eigenvalue weighted by molar-refractivity contribution is -0.125. The molecule has 1 unspecified atom stereocenters. The van der Waals surface area contributed by atoms with Crippen LogP contribution in [0.1, 0.15) is 54.2 Å². The van der Waals surface area contributed by atoms with Gasteiger partial charge < -0.3 is 10.1 Å². The van der Waals surface area contributed by atoms with Crippen LogP contribution < -0.4 is 5.32 Å². The standard InChI is InChI=1S/C23H28N2O5S/c1-16(2)25(3)31(28,29)19-11-6-10-18(14-19)23(27)30-15-22(26)24-21-13-7-9-17-8-4-5-12-20(17)21/h4-6,8,10-12,14,16,21H,7,9,13,15H2,1-3H3,(H,24,26). The quantitative estimate of drug-likeness (QED) is 0.663. The van der Waals surface area contributed by atoms with Crippen molar-refractivity contribution in [2.24, 2.45) is 0 Å². The first kappa shape index (κ1) is 23.0. The minimum atomic E-state index is -3.73. The molecule has 1 atom stereocenters. The maximum Gasteiger partial charge on any atom is 0.338 e. The maximum absolute atomic E-state index is 12.6. The van der Waals surface area contributed by atoms with Crippen LogP contribution in [0, 0.1) is 0 Å². The molecule has 3 rings (SSSR count). The van der Waals surface area contributed by atoms with Gasteiger partial charge in [0.25, 0.3) is 5.91 Å². The van der Waals surface area contributed by atoms with E-state index in [9.17, 15) is 18.0 Å². The van der Waals surface area contributed by atoms with E-state index in [2.05, 4.69) is 11.4 Å². The van der Waals surface area contributed by atoms with E-state index in [1.54, 1.807) is 13.8 Å². The number of amides is 1. The number of carbonyl (C=O) groups is 2. The molecule has 166 valence electrons. The fourth-order valence-corrected chi connectivity index (χ4v) is 5.00. The summed E-state index contributed by atoms with van der Waals surface area (Å²) < 4.78 is 31.7. The largest absolute Gasteiger partial charge is 0.452 e. The fourth-order valence-electron chi connectivity index (χ4n) is 3.58. The number of ether oxygens (including phenoxy) is 1. The summed E-state index contributed by atoms with van der Waals surface area (Å²) in [6.45, 7) is 3.10. The van der Waals surface area contributed by atoms with Crippen LogP contribution in [0.25, 0.3) is 0 Å². The van der Waals surface area contributed by atoms with Crippen LogP contribution in [-0.4, -0.2) is 44.3 Å². The number of benzene rings is 2. The summed E-state index contributed by atoms with van der Waals surface area (Å²) in [6, 6.07) is 13.3. The molecule has 31 heavy (non-hydrogen) atoms. The third-order valence-electron chi connectivity index (χ3n) is 5.51. The lowest BCUT2D eigenvalue weighted by Crippen LogP contribution is -2.34. The first-order valence-corrected chi connectivity index (χ1v) is 11.8. The SMILES string of the molecule is CC(C)N(C)S(=O)(=O)c1cccc(C(=O)OCC(=O)NC2CCCc3ccccc32)c1. The lowest BCUT2D eigenvalue weighted by Gasteiger charge is -2.26. The molecule has 1 amide bonds. The number of nitrogens with one attached hydrogen (secondary N) is 1. The smallest absolute Gasteiger partial charge is 0.338 e. The highest BCUT2D eigenvalue weighted by molar-refractivity contribution is 7.89. The Bertz CT molecular complexity index is 1070. The first-order valence-electron chi connectivity index (χ1n) is 10.3. The molecule has 0 fully saturated rings. The second-order valence-electron chi connectivity index (χ2n) is 7.93. The molecule has 1 aliphatic rings. The van der Waals surface area contributed by atoms with Crippen LogP contribution in [0.5, 0.6) is 0 Å². The van der Waals surface area contributed by atoms with Gasteiger partial charge in [0.15, 0.2) is 6.61 Å². The molecule has 8 heteroatoms. The molecule has 0 bridgehead atoms. The van der Waals surface area contributed by atoms with E-state index in [4.69, 9.17) is 4.74 Å². The number of aryl methyl sites for hydroxylation is 1. The van der Waals surface area contributed by atoms with Crippen molar-refractivity contribution < 1.29 is 22.7 Å². The molecule has 0 heterocycles. The third kappa shape index (κ3) is 5.32. The number of hydrogen-bond acceptors (Lipinski definition) is 5. The van der Waals surface area contributed by atoms with Gasteiger partial charge in [-0.3, -0.25) is 4.79 Å². The number of nitrogens with zero attached hydrogens (tertiary/aromatic N) is 1. The van der Waals surface area contributed by atoms with Gasteiger partial charge in [-0.1, -0.05) is 30.3 Å². The van der Waals surface area contributed by atoms with Crippen molar-refractivity contribution in [3.63, 3.8) is 0 Å². The van der Waals surface area contributed by atoms with Gasteiger partial charge in [0.05, 0.1) is 16.5 Å². The maximum atomic E-state index is 12.6. The van der Waals surface area contributed by atoms with Crippen molar-refractivity contribution in [1.82, 2.24) is 9.62 Å². The molecule has 0 radical (unpaired) electrons. The van der Waals surface area contributed by atoms with E-state index < -0.39 is 28.5 Å². The predicted octanol–water partition coefficient (Wildman–Crippen LogP) is 3.07. The van der Waals surface area contributed by atoms with Gasteiger partial charge in [-0.2, -0.15) is 4.31 Å². The Balaban J connectivity index is 1.62. The van der Waals surface area contributed by atoms with Gasteiger partial charge in [-0.25, -0.2) is 13.2 Å². The molecule has 0 saturated heterocycles. The Morgan fingerprint density at radius 3 is 2.65 bits per heavy atom. The average Bonchev–Trinajstić information content (AvgIpc) is 2.77. The molecule has 1 N–H and O–H groups in total. The van der Waals surface area contributed by atoms with E-state index in [1.807, 2.05) is 18.2 Å². The van der Waals surface area contributed by atoms with E-state index in [-0.39, 0.29) is 22.5 Å². The molecule has 0 aromatic heterocycles. The molecular formula is C23H28N2O5S. The van der Waals surface area contributed by atoms with Crippen molar-refractivity contribution in [3.05, 3.63) is 65.2 Å². The van der Waals surface area contributed by atoms with Crippen molar-refractivity contribution >= 4 is 21.9 Å². The van der Waals surface area contributed by atoms with E-state index in [1.165, 1.54) is 41.2 Å². The summed E-state index contributed by atoms with van der Waals surface area (Å²) in [7, 11) is -2.24. The molecule has 2 aromatic carbocycles. The van der Waals surface area contributed by atoms with Crippen LogP contribution in [0.15, 0.2) is 53.4 Å². The molecule has 0 aliphatic heterocycles. The van der Waals surface area contributed by atoms with Gasteiger partial charge in [-0.15, -0.1) is 0 Å². The highest BCUT2D eigenvalue weighted by Gasteiger charge is 2.25. The normalized spacial score (nSPS) is 16.1. The number of carbonyl (C=O) groups excluding carboxylic acids is 2. The summed E-state index contributed by atoms with van der Waals surface area (Å²) >= 11 is 0. The van der Waals surface area contributed by atoms with Gasteiger partial charge in [0.2, 0.25) is 10.0 Å². The average molecular weight is 445 g/mol. The van der Waals surface area contributed by atoms with Crippen molar-refractivity contribution in [2.75, 3.05) is 13.7 Å². The zero-order chi connectivity index (χ0) is 22.6. The highest BCUT2D eigenvalue weighted by Crippen LogP contribution is 2.29. The van der Waals surface area contributed by atoms with Crippen molar-refractivity contribution in [3.8, 4) is 0 Å². The van der Waals surface area contributed by atoms with Crippen LogP contribution in [0.4, 0.5) is 0 Å². The van der Waals surface area contributed by atoms with Crippen LogP contribution in [-0.2, 0) is 26.0 Å². The summed E-state index contributed by atoms with van der Waals surface area (Å²) in [4.78, 5) is 24.8. The van der Waals surface area contributed by atoms with E-state index in [0.717, 1.165) is 24.8 Å². The van der Waals surface area contributed by atoms with Crippen LogP contribution in [0.2, 0.25) is 0 Å². The van der Waals surface area contributed by atoms with Crippen LogP contribution >= 0.6 is 0 Å². The Morgan fingerprint density at radius 2 is 1.90 bits per heavy atom. The number of hydrogen-bond donors (Lipinski definition) is 1. The zero-order valence-corrected chi connectivity index (χ0v) is 18.8. The second kappa shape index (κ2) is 9.62. The van der Waals surface area contributed by atoms with Gasteiger partial charge in [0.1, 0.15) is 0 Å². The number of sulfonamides is 1. The van der Waals surface area contributed by atoms with Gasteiger partial charge in [-0.05, 0) is 62.4 Å². The van der Waals surface area contributed by atoms with Crippen molar-refractivity contribution in [2.45, 2.75) is 50.1 Å². The Morgan fingerprint density at radius 1 is 1.16 bits per heavy atom. The Kier molecular flexibility index (Phi) is 7.12. The van der Waals surface area contributed by atoms with Crippen molar-refractivity contribution in [1.29, 1.82) is 0 Å². The molecule has 7 nitrogen and oxygen atoms in total. The minimum absolute atomic E-state index is 0.00131. The van der Waals surface area contributed by atoms with E-state index in [0.29, 0.717) is 0 Å². The molecule has 2 aromatic rings. The van der Waals surface area contributed by atoms with Gasteiger partial charge in [0, 0.05) is 13.1 Å². The number of rotatable bonds is 7. The molecular weight excluding hydrogens is 416 g/mol. The summed E-state index contributed by atoms with van der Waals surface area (Å²) in [5.41, 5.74) is 2.40. The highest BCUT2D eigenvalue weighted by atomic mass is 32.2. The molecule has 0 saturated carbocycles. The van der Waals surface area contributed by atoms with E-state index >= 15 is 0 Å². The molecule has 0 spiro atoms. The second-order valence-corrected chi connectivity index (χ2v) is 9.93. The predicted molar refractivity (Wildman–Crippen MR) is 117 cm³/mol. The number of esters is 1. The Labute approximate surface area is 183 Å². The monoisotopic (exact) mass is 444 g/mol. The Hall–Kier alpha value is -2.71. The minimum Gasteiger partial charge on any atom is -0.452 e. The zero-order valence-electron chi connectivity index (χ0n) is 18.0. The van der Waals surface area contributed by atoms with Crippen LogP contribution in [0.3, 0.4) is 0 Å². The third-order valence-corrected chi connectivity index (χ3v) is 7.54. The summed E-state index contributed by atoms with van der Waals surface area (Å²) in [6.07, 6.45) is 2.80. The first-order chi connectivity index (χ1) is 14.7. The summed E-state index contributed by atoms with van der Waals surface area (Å²) in [5, 5.41) is 2.93. The fraction of sp³-hybridized carbons (Fsp3) is 0.391. The van der Waals surface area contributed by atoms with Gasteiger partial charge >= 0.3 is 5.97 Å². The number of fused-ring (bicyclic) bond motifs is 1.